The van der Waals surface area contributed by atoms with Gasteiger partial charge in [-0.1, -0.05) is 12.1 Å². The van der Waals surface area contributed by atoms with Gasteiger partial charge in [0, 0.05) is 13.1 Å². The fourth-order valence-corrected chi connectivity index (χ4v) is 5.00. The van der Waals surface area contributed by atoms with Crippen molar-refractivity contribution in [3.8, 4) is 23.3 Å². The molecule has 0 atom stereocenters. The zero-order valence-corrected chi connectivity index (χ0v) is 20.3. The van der Waals surface area contributed by atoms with Crippen LogP contribution in [0.4, 0.5) is 8.78 Å². The van der Waals surface area contributed by atoms with E-state index in [1.807, 2.05) is 13.0 Å². The van der Waals surface area contributed by atoms with Crippen LogP contribution in [0.2, 0.25) is 0 Å². The van der Waals surface area contributed by atoms with Crippen molar-refractivity contribution in [1.82, 2.24) is 9.47 Å². The highest BCUT2D eigenvalue weighted by atomic mass is 32.1. The number of hydrogen-bond acceptors (Lipinski definition) is 6. The Morgan fingerprint density at radius 3 is 2.33 bits per heavy atom. The molecule has 3 aromatic rings. The Morgan fingerprint density at radius 2 is 1.75 bits per heavy atom. The Hall–Kier alpha value is -3.97. The molecule has 186 valence electrons. The topological polar surface area (TPSA) is 84.6 Å². The maximum atomic E-state index is 13.5. The highest BCUT2D eigenvalue weighted by molar-refractivity contribution is 7.07. The average Bonchev–Trinajstić information content (AvgIpc) is 3.50. The standard InChI is InChI=1S/C26H23F2N3O4S/c1-2-34-19-11-7-18(8-12-19)31-24(33)22(15-17-5-9-20(10-6-17)35-26(27)28)36-25(31)21(16-29)23(32)30-13-3-4-14-30/h5-12,15,26H,2-4,13-14H2,1H3/b22-15+,25-21+. The zero-order chi connectivity index (χ0) is 25.7. The highest BCUT2D eigenvalue weighted by Crippen LogP contribution is 2.17. The summed E-state index contributed by atoms with van der Waals surface area (Å²) < 4.78 is 36.6. The lowest BCUT2D eigenvalue weighted by atomic mass is 10.2. The van der Waals surface area contributed by atoms with Gasteiger partial charge < -0.3 is 14.4 Å². The first-order valence-corrected chi connectivity index (χ1v) is 12.2. The number of carbonyl (C=O) groups excluding carboxylic acids is 1. The van der Waals surface area contributed by atoms with Gasteiger partial charge in [0.25, 0.3) is 11.5 Å². The number of aromatic nitrogens is 1. The lowest BCUT2D eigenvalue weighted by Crippen LogP contribution is -2.35. The van der Waals surface area contributed by atoms with E-state index in [0.717, 1.165) is 24.2 Å². The zero-order valence-electron chi connectivity index (χ0n) is 19.4. The van der Waals surface area contributed by atoms with Crippen molar-refractivity contribution < 1.29 is 23.0 Å². The van der Waals surface area contributed by atoms with Gasteiger partial charge in [-0.2, -0.15) is 14.0 Å². The van der Waals surface area contributed by atoms with E-state index in [1.54, 1.807) is 47.4 Å². The van der Waals surface area contributed by atoms with Gasteiger partial charge in [0.15, 0.2) is 5.57 Å². The number of thiazole rings is 1. The third kappa shape index (κ3) is 5.47. The third-order valence-electron chi connectivity index (χ3n) is 5.57. The van der Waals surface area contributed by atoms with Gasteiger partial charge in [-0.3, -0.25) is 14.2 Å². The van der Waals surface area contributed by atoms with Crippen LogP contribution in [0.1, 0.15) is 25.3 Å². The van der Waals surface area contributed by atoms with Crippen LogP contribution in [-0.2, 0) is 4.79 Å². The van der Waals surface area contributed by atoms with E-state index in [9.17, 15) is 23.6 Å². The monoisotopic (exact) mass is 511 g/mol. The number of carbonyl (C=O) groups is 1. The van der Waals surface area contributed by atoms with E-state index in [0.29, 0.717) is 36.7 Å². The Bertz CT molecular complexity index is 1450. The summed E-state index contributed by atoms with van der Waals surface area (Å²) >= 11 is 1.03. The van der Waals surface area contributed by atoms with Gasteiger partial charge in [0.1, 0.15) is 22.2 Å². The number of rotatable bonds is 7. The van der Waals surface area contributed by atoms with Crippen LogP contribution in [0.25, 0.3) is 17.3 Å². The second kappa shape index (κ2) is 11.2. The van der Waals surface area contributed by atoms with E-state index in [2.05, 4.69) is 4.74 Å². The van der Waals surface area contributed by atoms with Crippen LogP contribution in [0.5, 0.6) is 11.5 Å². The van der Waals surface area contributed by atoms with Gasteiger partial charge in [0.05, 0.1) is 16.8 Å². The second-order valence-electron chi connectivity index (χ2n) is 7.92. The largest absolute Gasteiger partial charge is 0.494 e. The number of halogens is 2. The van der Waals surface area contributed by atoms with Crippen molar-refractivity contribution in [3.63, 3.8) is 0 Å². The molecule has 1 saturated heterocycles. The van der Waals surface area contributed by atoms with E-state index in [-0.39, 0.29) is 20.5 Å². The number of ether oxygens (including phenoxy) is 2. The minimum Gasteiger partial charge on any atom is -0.494 e. The van der Waals surface area contributed by atoms with Crippen LogP contribution >= 0.6 is 11.3 Å². The summed E-state index contributed by atoms with van der Waals surface area (Å²) in [5, 5.41) is 9.94. The third-order valence-corrected chi connectivity index (χ3v) is 6.66. The number of alkyl halides is 2. The first-order chi connectivity index (χ1) is 17.4. The molecule has 2 aromatic carbocycles. The normalized spacial score (nSPS) is 14.6. The number of nitrogens with zero attached hydrogens (tertiary/aromatic N) is 3. The molecule has 0 saturated carbocycles. The highest BCUT2D eigenvalue weighted by Gasteiger charge is 2.24. The molecule has 0 bridgehead atoms. The molecule has 1 aliphatic heterocycles. The maximum absolute atomic E-state index is 13.5. The molecule has 4 rings (SSSR count). The molecule has 0 spiro atoms. The van der Waals surface area contributed by atoms with Crippen molar-refractivity contribution in [2.75, 3.05) is 19.7 Å². The van der Waals surface area contributed by atoms with Gasteiger partial charge >= 0.3 is 6.61 Å². The lowest BCUT2D eigenvalue weighted by Gasteiger charge is -2.14. The van der Waals surface area contributed by atoms with Crippen LogP contribution in [0, 0.1) is 11.3 Å². The summed E-state index contributed by atoms with van der Waals surface area (Å²) in [7, 11) is 0. The summed E-state index contributed by atoms with van der Waals surface area (Å²) in [6.45, 7) is 0.541. The van der Waals surface area contributed by atoms with Crippen LogP contribution < -0.4 is 24.2 Å². The summed E-state index contributed by atoms with van der Waals surface area (Å²) in [6.07, 6.45) is 3.32. The predicted octanol–water partition coefficient (Wildman–Crippen LogP) is 3.02. The first-order valence-electron chi connectivity index (χ1n) is 11.4. The molecule has 0 N–H and O–H groups in total. The molecule has 1 fully saturated rings. The van der Waals surface area contributed by atoms with Crippen molar-refractivity contribution >= 4 is 28.9 Å². The van der Waals surface area contributed by atoms with Crippen LogP contribution in [0.3, 0.4) is 0 Å². The molecule has 1 aliphatic rings. The molecule has 0 unspecified atom stereocenters. The molecule has 0 radical (unpaired) electrons. The molecule has 2 heterocycles. The second-order valence-corrected chi connectivity index (χ2v) is 8.95. The van der Waals surface area contributed by atoms with Crippen molar-refractivity contribution in [3.05, 3.63) is 73.6 Å². The fraction of sp³-hybridized carbons (Fsp3) is 0.269. The van der Waals surface area contributed by atoms with E-state index < -0.39 is 18.1 Å². The number of benzene rings is 2. The molecule has 1 aromatic heterocycles. The molecular weight excluding hydrogens is 488 g/mol. The minimum absolute atomic E-state index is 0.00266. The lowest BCUT2D eigenvalue weighted by molar-refractivity contribution is -0.123. The number of nitriles is 1. The Balaban J connectivity index is 1.89. The van der Waals surface area contributed by atoms with Gasteiger partial charge in [-0.15, -0.1) is 11.3 Å². The number of hydrogen-bond donors (Lipinski definition) is 0. The minimum atomic E-state index is -2.94. The summed E-state index contributed by atoms with van der Waals surface area (Å²) in [6, 6.07) is 14.7. The van der Waals surface area contributed by atoms with Crippen molar-refractivity contribution in [2.24, 2.45) is 0 Å². The summed E-state index contributed by atoms with van der Waals surface area (Å²) in [5.74, 6) is 0.217. The van der Waals surface area contributed by atoms with E-state index in [1.165, 1.54) is 16.7 Å². The molecule has 7 nitrogen and oxygen atoms in total. The Kier molecular flexibility index (Phi) is 7.80. The smallest absolute Gasteiger partial charge is 0.387 e. The molecule has 0 aliphatic carbocycles. The average molecular weight is 512 g/mol. The molecule has 10 heteroatoms. The SMILES string of the molecule is CCOc1ccc(-n2c(=O)/c(=C\c3ccc(OC(F)F)cc3)s/c2=C(\C#N)C(=O)N2CCCC2)cc1. The molecule has 36 heavy (non-hydrogen) atoms. The quantitative estimate of drug-likeness (QED) is 0.487. The molecule has 1 amide bonds. The van der Waals surface area contributed by atoms with Gasteiger partial charge in [0.2, 0.25) is 0 Å². The summed E-state index contributed by atoms with van der Waals surface area (Å²) in [5.41, 5.74) is 0.545. The maximum Gasteiger partial charge on any atom is 0.387 e. The molecular formula is C26H23F2N3O4S. The van der Waals surface area contributed by atoms with E-state index >= 15 is 0 Å². The number of amides is 1. The Morgan fingerprint density at radius 1 is 1.11 bits per heavy atom. The van der Waals surface area contributed by atoms with E-state index in [4.69, 9.17) is 4.74 Å². The van der Waals surface area contributed by atoms with Crippen molar-refractivity contribution in [2.45, 2.75) is 26.4 Å². The Labute approximate surface area is 209 Å². The predicted molar refractivity (Wildman–Crippen MR) is 132 cm³/mol. The fourth-order valence-electron chi connectivity index (χ4n) is 3.90. The van der Waals surface area contributed by atoms with Crippen molar-refractivity contribution in [1.29, 1.82) is 5.26 Å². The van der Waals surface area contributed by atoms with Gasteiger partial charge in [-0.25, -0.2) is 0 Å². The summed E-state index contributed by atoms with van der Waals surface area (Å²) in [4.78, 5) is 28.3. The number of likely N-dealkylation sites (tertiary alicyclic amines) is 1. The first kappa shape index (κ1) is 25.1. The van der Waals surface area contributed by atoms with Gasteiger partial charge in [-0.05, 0) is 67.8 Å². The van der Waals surface area contributed by atoms with Crippen LogP contribution in [-0.4, -0.2) is 41.7 Å². The van der Waals surface area contributed by atoms with Crippen LogP contribution in [0.15, 0.2) is 53.3 Å².